The predicted molar refractivity (Wildman–Crippen MR) is 152 cm³/mol. The number of halogens is 3. The van der Waals surface area contributed by atoms with Gasteiger partial charge >= 0.3 is 0 Å². The van der Waals surface area contributed by atoms with E-state index in [0.717, 1.165) is 24.0 Å². The summed E-state index contributed by atoms with van der Waals surface area (Å²) in [6.07, 6.45) is 1.64. The lowest BCUT2D eigenvalue weighted by Gasteiger charge is -2.61. The number of fused-ring (bicyclic) bond motifs is 1. The number of hydrogen-bond donors (Lipinski definition) is 1. The fourth-order valence-electron chi connectivity index (χ4n) is 6.75. The molecule has 2 aliphatic rings. The summed E-state index contributed by atoms with van der Waals surface area (Å²) in [6, 6.07) is 14.1. The Morgan fingerprint density at radius 2 is 1.72 bits per heavy atom. The van der Waals surface area contributed by atoms with Crippen LogP contribution in [0.4, 0.5) is 0 Å². The Hall–Kier alpha value is -1.06. The van der Waals surface area contributed by atoms with Crippen LogP contribution in [0, 0.1) is 10.8 Å². The Kier molecular flexibility index (Phi) is 8.52. The Balaban J connectivity index is 1.69. The molecule has 1 N–H and O–H groups in total. The highest BCUT2D eigenvalue weighted by Crippen LogP contribution is 2.69. The van der Waals surface area contributed by atoms with Crippen LogP contribution in [0.3, 0.4) is 0 Å². The van der Waals surface area contributed by atoms with Crippen LogP contribution in [-0.2, 0) is 18.0 Å². The van der Waals surface area contributed by atoms with Gasteiger partial charge in [0.25, 0.3) is 0 Å². The molecular formula is C28H34Cl2INO4. The zero-order valence-electron chi connectivity index (χ0n) is 21.2. The molecule has 5 nitrogen and oxygen atoms in total. The van der Waals surface area contributed by atoms with Crippen LogP contribution in [0.1, 0.15) is 57.6 Å². The fourth-order valence-corrected chi connectivity index (χ4v) is 7.36. The van der Waals surface area contributed by atoms with Crippen LogP contribution in [0.5, 0.6) is 5.75 Å². The molecule has 4 rings (SSSR count). The first-order valence-corrected chi connectivity index (χ1v) is 14.0. The maximum absolute atomic E-state index is 13.3. The molecule has 0 unspecified atom stereocenters. The molecule has 1 aliphatic heterocycles. The quantitative estimate of drug-likeness (QED) is 0.233. The Bertz CT molecular complexity index is 1100. The standard InChI is InChI=1S/C28H34Cl2INO4/c1-18-28(4)26(2,25(33)32-18)12-11-23(27(28,3)19-5-7-20(29)8-6-19)22-10-9-21(17-24(22)30)35-15-13-34-14-16-36-31/h5-10,17-18,23H,11-16H2,1-4H3,(H,32,33)/t18-,23+,26+,27+,28-/m1/s1. The Morgan fingerprint density at radius 1 is 1.03 bits per heavy atom. The first-order valence-electron chi connectivity index (χ1n) is 12.4. The zero-order valence-corrected chi connectivity index (χ0v) is 24.9. The van der Waals surface area contributed by atoms with E-state index in [1.54, 1.807) is 0 Å². The SMILES string of the molecule is C[C@H]1NC(=O)[C@]2(C)CC[C@@H](c3ccc(OCCOCCOI)cc3Cl)[C@](C)(c3ccc(Cl)cc3)[C@]12C. The molecule has 0 bridgehead atoms. The number of ether oxygens (including phenoxy) is 2. The van der Waals surface area contributed by atoms with Crippen LogP contribution in [0.15, 0.2) is 42.5 Å². The lowest BCUT2D eigenvalue weighted by Crippen LogP contribution is -2.60. The number of benzene rings is 2. The topological polar surface area (TPSA) is 56.8 Å². The van der Waals surface area contributed by atoms with E-state index in [4.69, 9.17) is 35.7 Å². The summed E-state index contributed by atoms with van der Waals surface area (Å²) >= 11 is 15.1. The first-order chi connectivity index (χ1) is 17.1. The van der Waals surface area contributed by atoms with E-state index in [1.807, 2.05) is 47.3 Å². The van der Waals surface area contributed by atoms with Gasteiger partial charge < -0.3 is 17.9 Å². The van der Waals surface area contributed by atoms with Gasteiger partial charge in [-0.25, -0.2) is 0 Å². The van der Waals surface area contributed by atoms with Gasteiger partial charge in [-0.05, 0) is 61.1 Å². The van der Waals surface area contributed by atoms with Crippen molar-refractivity contribution < 1.29 is 17.3 Å². The van der Waals surface area contributed by atoms with Crippen molar-refractivity contribution in [2.45, 2.75) is 57.9 Å². The van der Waals surface area contributed by atoms with E-state index in [-0.39, 0.29) is 28.7 Å². The van der Waals surface area contributed by atoms with Crippen LogP contribution in [0.2, 0.25) is 10.0 Å². The maximum atomic E-state index is 13.3. The first kappa shape index (κ1) is 28.0. The van der Waals surface area contributed by atoms with Crippen LogP contribution >= 0.6 is 46.2 Å². The number of carbonyl (C=O) groups is 1. The fraction of sp³-hybridized carbons (Fsp3) is 0.536. The van der Waals surface area contributed by atoms with Gasteiger partial charge in [-0.3, -0.25) is 4.79 Å². The molecule has 1 saturated carbocycles. The van der Waals surface area contributed by atoms with Crippen molar-refractivity contribution in [3.63, 3.8) is 0 Å². The lowest BCUT2D eigenvalue weighted by molar-refractivity contribution is -0.137. The van der Waals surface area contributed by atoms with Gasteiger partial charge in [-0.2, -0.15) is 0 Å². The zero-order chi connectivity index (χ0) is 26.1. The third kappa shape index (κ3) is 4.55. The number of hydrogen-bond acceptors (Lipinski definition) is 4. The summed E-state index contributed by atoms with van der Waals surface area (Å²) in [5.41, 5.74) is 1.01. The molecular weight excluding hydrogens is 612 g/mol. The summed E-state index contributed by atoms with van der Waals surface area (Å²) in [6.45, 7) is 10.8. The van der Waals surface area contributed by atoms with Crippen molar-refractivity contribution in [1.82, 2.24) is 5.32 Å². The van der Waals surface area contributed by atoms with Crippen molar-refractivity contribution in [2.75, 3.05) is 26.4 Å². The molecule has 2 aromatic rings. The van der Waals surface area contributed by atoms with Crippen molar-refractivity contribution >= 4 is 52.1 Å². The molecule has 1 aliphatic carbocycles. The van der Waals surface area contributed by atoms with Crippen LogP contribution in [-0.4, -0.2) is 38.4 Å². The second-order valence-electron chi connectivity index (χ2n) is 10.5. The highest BCUT2D eigenvalue weighted by molar-refractivity contribution is 14.1. The molecule has 0 spiro atoms. The second kappa shape index (κ2) is 11.0. The van der Waals surface area contributed by atoms with Crippen molar-refractivity contribution in [2.24, 2.45) is 10.8 Å². The summed E-state index contributed by atoms with van der Waals surface area (Å²) in [7, 11) is 0. The van der Waals surface area contributed by atoms with Crippen LogP contribution in [0.25, 0.3) is 0 Å². The third-order valence-corrected chi connectivity index (χ3v) is 10.2. The normalized spacial score (nSPS) is 31.7. The highest BCUT2D eigenvalue weighted by Gasteiger charge is 2.70. The maximum Gasteiger partial charge on any atom is 0.226 e. The van der Waals surface area contributed by atoms with E-state index in [9.17, 15) is 4.79 Å². The second-order valence-corrected chi connectivity index (χ2v) is 12.0. The van der Waals surface area contributed by atoms with Crippen molar-refractivity contribution in [3.8, 4) is 5.75 Å². The monoisotopic (exact) mass is 645 g/mol. The molecule has 1 amide bonds. The smallest absolute Gasteiger partial charge is 0.226 e. The molecule has 8 heteroatoms. The van der Waals surface area contributed by atoms with Gasteiger partial charge in [0.1, 0.15) is 35.4 Å². The van der Waals surface area contributed by atoms with E-state index in [0.29, 0.717) is 42.2 Å². The van der Waals surface area contributed by atoms with Crippen molar-refractivity contribution in [3.05, 3.63) is 63.6 Å². The minimum atomic E-state index is -0.491. The minimum Gasteiger partial charge on any atom is -0.491 e. The van der Waals surface area contributed by atoms with Gasteiger partial charge in [0.15, 0.2) is 0 Å². The minimum absolute atomic E-state index is 0.00235. The average molecular weight is 646 g/mol. The van der Waals surface area contributed by atoms with Gasteiger partial charge in [-0.15, -0.1) is 0 Å². The third-order valence-electron chi connectivity index (χ3n) is 9.16. The number of carbonyl (C=O) groups excluding carboxylic acids is 1. The summed E-state index contributed by atoms with van der Waals surface area (Å²) < 4.78 is 16.3. The van der Waals surface area contributed by atoms with Crippen molar-refractivity contribution in [1.29, 1.82) is 0 Å². The molecule has 0 radical (unpaired) electrons. The van der Waals surface area contributed by atoms with Gasteiger partial charge in [0.05, 0.1) is 25.2 Å². The molecule has 2 fully saturated rings. The molecule has 2 aromatic carbocycles. The molecule has 1 saturated heterocycles. The number of rotatable bonds is 9. The summed E-state index contributed by atoms with van der Waals surface area (Å²) in [5.74, 6) is 0.951. The summed E-state index contributed by atoms with van der Waals surface area (Å²) in [4.78, 5) is 13.3. The van der Waals surface area contributed by atoms with E-state index in [1.165, 1.54) is 0 Å². The van der Waals surface area contributed by atoms with Gasteiger partial charge in [0, 0.05) is 26.9 Å². The number of nitrogens with one attached hydrogen (secondary N) is 1. The summed E-state index contributed by atoms with van der Waals surface area (Å²) in [5, 5.41) is 4.65. The van der Waals surface area contributed by atoms with E-state index < -0.39 is 5.41 Å². The largest absolute Gasteiger partial charge is 0.491 e. The predicted octanol–water partition coefficient (Wildman–Crippen LogP) is 7.12. The van der Waals surface area contributed by atoms with E-state index >= 15 is 0 Å². The van der Waals surface area contributed by atoms with Gasteiger partial charge in [-0.1, -0.05) is 62.2 Å². The van der Waals surface area contributed by atoms with E-state index in [2.05, 4.69) is 51.2 Å². The average Bonchev–Trinajstić information content (AvgIpc) is 3.03. The molecule has 5 atom stereocenters. The van der Waals surface area contributed by atoms with Crippen LogP contribution < -0.4 is 10.1 Å². The Labute approximate surface area is 238 Å². The molecule has 36 heavy (non-hydrogen) atoms. The molecule has 0 aromatic heterocycles. The highest BCUT2D eigenvalue weighted by atomic mass is 127. The Morgan fingerprint density at radius 3 is 2.39 bits per heavy atom. The lowest BCUT2D eigenvalue weighted by atomic mass is 9.41. The molecule has 196 valence electrons. The van der Waals surface area contributed by atoms with Gasteiger partial charge in [0.2, 0.25) is 5.91 Å². The number of amides is 1. The molecule has 1 heterocycles.